The lowest BCUT2D eigenvalue weighted by Crippen LogP contribution is -2.36. The fourth-order valence-electron chi connectivity index (χ4n) is 1.13. The summed E-state index contributed by atoms with van der Waals surface area (Å²) < 4.78 is 15.1. The number of hydrogen-bond donors (Lipinski definition) is 3. The highest BCUT2D eigenvalue weighted by Gasteiger charge is 2.10. The number of rotatable bonds is 4. The van der Waals surface area contributed by atoms with Crippen molar-refractivity contribution >= 4 is 55.9 Å². The largest absolute Gasteiger partial charge is 0.395 e. The first-order chi connectivity index (χ1) is 8.06. The van der Waals surface area contributed by atoms with E-state index in [0.717, 1.165) is 0 Å². The molecule has 0 aromatic heterocycles. The van der Waals surface area contributed by atoms with Crippen molar-refractivity contribution in [1.82, 2.24) is 10.6 Å². The minimum Gasteiger partial charge on any atom is -0.395 e. The Balaban J connectivity index is 2.63. The summed E-state index contributed by atoms with van der Waals surface area (Å²) in [6.45, 7) is 0.672. The molecule has 17 heavy (non-hydrogen) atoms. The van der Waals surface area contributed by atoms with E-state index in [1.807, 2.05) is 22.6 Å². The molecule has 0 radical (unpaired) electrons. The van der Waals surface area contributed by atoms with Gasteiger partial charge >= 0.3 is 0 Å². The quantitative estimate of drug-likeness (QED) is 0.387. The predicted octanol–water partition coefficient (Wildman–Crippen LogP) is 2.15. The van der Waals surface area contributed by atoms with E-state index in [1.54, 1.807) is 12.1 Å². The van der Waals surface area contributed by atoms with Gasteiger partial charge in [0.25, 0.3) is 0 Å². The normalized spacial score (nSPS) is 10.1. The van der Waals surface area contributed by atoms with Gasteiger partial charge in [-0.3, -0.25) is 0 Å². The average molecular weight is 433 g/mol. The Bertz CT molecular complexity index is 420. The van der Waals surface area contributed by atoms with Gasteiger partial charge in [-0.25, -0.2) is 4.39 Å². The van der Waals surface area contributed by atoms with Gasteiger partial charge in [-0.1, -0.05) is 15.9 Å². The Labute approximate surface area is 126 Å². The second-order valence-electron chi connectivity index (χ2n) is 3.15. The zero-order chi connectivity index (χ0) is 12.8. The summed E-state index contributed by atoms with van der Waals surface area (Å²) in [6, 6.07) is 3.50. The molecule has 0 aliphatic heterocycles. The van der Waals surface area contributed by atoms with Crippen LogP contribution in [0.25, 0.3) is 0 Å². The molecular formula is C10H11BrFIN2OS. The minimum atomic E-state index is -0.252. The summed E-state index contributed by atoms with van der Waals surface area (Å²) in [5.41, 5.74) is 0.532. The predicted molar refractivity (Wildman–Crippen MR) is 81.3 cm³/mol. The molecule has 0 spiro atoms. The highest BCUT2D eigenvalue weighted by atomic mass is 127. The van der Waals surface area contributed by atoms with Crippen molar-refractivity contribution in [3.05, 3.63) is 31.6 Å². The molecule has 1 aromatic rings. The van der Waals surface area contributed by atoms with Gasteiger partial charge in [-0.15, -0.1) is 0 Å². The van der Waals surface area contributed by atoms with Crippen molar-refractivity contribution < 1.29 is 9.50 Å². The maximum absolute atomic E-state index is 13.8. The molecule has 1 aromatic carbocycles. The Morgan fingerprint density at radius 2 is 2.18 bits per heavy atom. The fraction of sp³-hybridized carbons (Fsp3) is 0.300. The summed E-state index contributed by atoms with van der Waals surface area (Å²) >= 11 is 10.2. The Kier molecular flexibility index (Phi) is 6.60. The Hall–Kier alpha value is 0.01000. The van der Waals surface area contributed by atoms with Gasteiger partial charge in [-0.2, -0.15) is 0 Å². The smallest absolute Gasteiger partial charge is 0.166 e. The molecule has 94 valence electrons. The van der Waals surface area contributed by atoms with Crippen molar-refractivity contribution in [2.45, 2.75) is 6.54 Å². The molecule has 0 bridgehead atoms. The number of nitrogens with one attached hydrogen (secondary N) is 2. The van der Waals surface area contributed by atoms with Gasteiger partial charge in [0.05, 0.1) is 6.61 Å². The lowest BCUT2D eigenvalue weighted by molar-refractivity contribution is 0.300. The molecule has 0 saturated heterocycles. The van der Waals surface area contributed by atoms with Crippen molar-refractivity contribution in [2.75, 3.05) is 13.2 Å². The van der Waals surface area contributed by atoms with Gasteiger partial charge in [0, 0.05) is 26.7 Å². The van der Waals surface area contributed by atoms with E-state index in [2.05, 4.69) is 26.6 Å². The second kappa shape index (κ2) is 7.45. The molecule has 0 unspecified atom stereocenters. The molecule has 0 saturated carbocycles. The van der Waals surface area contributed by atoms with Crippen LogP contribution in [-0.2, 0) is 6.54 Å². The second-order valence-corrected chi connectivity index (χ2v) is 5.58. The van der Waals surface area contributed by atoms with E-state index < -0.39 is 0 Å². The van der Waals surface area contributed by atoms with Gasteiger partial charge in [0.2, 0.25) is 0 Å². The Morgan fingerprint density at radius 3 is 2.82 bits per heavy atom. The molecule has 3 N–H and O–H groups in total. The van der Waals surface area contributed by atoms with Crippen LogP contribution in [0.4, 0.5) is 4.39 Å². The van der Waals surface area contributed by atoms with Gasteiger partial charge < -0.3 is 15.7 Å². The zero-order valence-corrected chi connectivity index (χ0v) is 13.3. The summed E-state index contributed by atoms with van der Waals surface area (Å²) in [5.74, 6) is -0.252. The topological polar surface area (TPSA) is 44.3 Å². The lowest BCUT2D eigenvalue weighted by Gasteiger charge is -2.12. The van der Waals surface area contributed by atoms with Crippen molar-refractivity contribution in [3.63, 3.8) is 0 Å². The van der Waals surface area contributed by atoms with Crippen molar-refractivity contribution in [1.29, 1.82) is 0 Å². The molecule has 0 fully saturated rings. The van der Waals surface area contributed by atoms with Crippen LogP contribution in [0.1, 0.15) is 5.56 Å². The van der Waals surface area contributed by atoms with Crippen LogP contribution in [0.15, 0.2) is 16.6 Å². The van der Waals surface area contributed by atoms with Crippen LogP contribution >= 0.6 is 50.7 Å². The van der Waals surface area contributed by atoms with Crippen molar-refractivity contribution in [2.24, 2.45) is 0 Å². The van der Waals surface area contributed by atoms with Gasteiger partial charge in [0.1, 0.15) is 5.82 Å². The maximum Gasteiger partial charge on any atom is 0.166 e. The van der Waals surface area contributed by atoms with E-state index in [4.69, 9.17) is 17.3 Å². The van der Waals surface area contributed by atoms with Crippen LogP contribution in [0.2, 0.25) is 0 Å². The molecular weight excluding hydrogens is 422 g/mol. The van der Waals surface area contributed by atoms with E-state index in [9.17, 15) is 4.39 Å². The summed E-state index contributed by atoms with van der Waals surface area (Å²) in [5, 5.41) is 14.7. The molecule has 0 aliphatic rings. The molecule has 0 atom stereocenters. The SMILES string of the molecule is OCCNC(=S)NCc1c(Br)ccc(I)c1F. The summed E-state index contributed by atoms with van der Waals surface area (Å²) in [6.07, 6.45) is 0. The molecule has 7 heteroatoms. The number of halogens is 3. The van der Waals surface area contributed by atoms with Crippen molar-refractivity contribution in [3.8, 4) is 0 Å². The van der Waals surface area contributed by atoms with Gasteiger partial charge in [0.15, 0.2) is 5.11 Å². The van der Waals surface area contributed by atoms with E-state index in [0.29, 0.717) is 31.8 Å². The first kappa shape index (κ1) is 15.1. The third-order valence-corrected chi connectivity index (χ3v) is 3.83. The summed E-state index contributed by atoms with van der Waals surface area (Å²) in [7, 11) is 0. The van der Waals surface area contributed by atoms with E-state index >= 15 is 0 Å². The molecule has 1 rings (SSSR count). The summed E-state index contributed by atoms with van der Waals surface area (Å²) in [4.78, 5) is 0. The highest BCUT2D eigenvalue weighted by Crippen LogP contribution is 2.23. The molecule has 0 heterocycles. The third kappa shape index (κ3) is 4.65. The van der Waals surface area contributed by atoms with Gasteiger partial charge in [-0.05, 0) is 46.9 Å². The van der Waals surface area contributed by atoms with Crippen LogP contribution in [-0.4, -0.2) is 23.4 Å². The average Bonchev–Trinajstić information content (AvgIpc) is 2.31. The van der Waals surface area contributed by atoms with E-state index in [-0.39, 0.29) is 12.4 Å². The fourth-order valence-corrected chi connectivity index (χ4v) is 2.26. The first-order valence-corrected chi connectivity index (χ1v) is 7.09. The number of thiocarbonyl (C=S) groups is 1. The third-order valence-electron chi connectivity index (χ3n) is 1.96. The highest BCUT2D eigenvalue weighted by molar-refractivity contribution is 14.1. The maximum atomic E-state index is 13.8. The lowest BCUT2D eigenvalue weighted by atomic mass is 10.2. The van der Waals surface area contributed by atoms with Crippen LogP contribution < -0.4 is 10.6 Å². The monoisotopic (exact) mass is 432 g/mol. The minimum absolute atomic E-state index is 0.00309. The number of benzene rings is 1. The standard InChI is InChI=1S/C10H11BrFIN2OS/c11-7-1-2-8(13)9(12)6(7)5-15-10(17)14-3-4-16/h1-2,16H,3-5H2,(H2,14,15,17). The zero-order valence-electron chi connectivity index (χ0n) is 8.77. The number of aliphatic hydroxyl groups excluding tert-OH is 1. The van der Waals surface area contributed by atoms with Crippen LogP contribution in [0.5, 0.6) is 0 Å². The number of hydrogen-bond acceptors (Lipinski definition) is 2. The number of aliphatic hydroxyl groups is 1. The van der Waals surface area contributed by atoms with Crippen LogP contribution in [0, 0.1) is 9.39 Å². The molecule has 0 aliphatic carbocycles. The Morgan fingerprint density at radius 1 is 1.47 bits per heavy atom. The van der Waals surface area contributed by atoms with E-state index in [1.165, 1.54) is 0 Å². The first-order valence-electron chi connectivity index (χ1n) is 4.81. The molecule has 0 amide bonds. The molecule has 3 nitrogen and oxygen atoms in total. The van der Waals surface area contributed by atoms with Crippen LogP contribution in [0.3, 0.4) is 0 Å².